The summed E-state index contributed by atoms with van der Waals surface area (Å²) in [7, 11) is 0. The minimum Gasteiger partial charge on any atom is -0.486 e. The van der Waals surface area contributed by atoms with E-state index in [9.17, 15) is 14.4 Å². The summed E-state index contributed by atoms with van der Waals surface area (Å²) in [5.74, 6) is 0.309. The number of benzene rings is 1. The first-order valence-electron chi connectivity index (χ1n) is 7.35. The van der Waals surface area contributed by atoms with E-state index in [4.69, 9.17) is 32.7 Å². The number of fused-ring (bicyclic) bond motifs is 1. The fraction of sp³-hybridized carbons (Fsp3) is 0.200. The van der Waals surface area contributed by atoms with Crippen LogP contribution in [-0.2, 0) is 11.3 Å². The van der Waals surface area contributed by atoms with E-state index >= 15 is 0 Å². The molecule has 1 aromatic carbocycles. The lowest BCUT2D eigenvalue weighted by Gasteiger charge is -2.19. The molecule has 0 aliphatic carbocycles. The highest BCUT2D eigenvalue weighted by atomic mass is 35.5. The van der Waals surface area contributed by atoms with Crippen LogP contribution in [0.3, 0.4) is 0 Å². The maximum Gasteiger partial charge on any atom is 0.325 e. The van der Waals surface area contributed by atoms with Crippen molar-refractivity contribution in [2.24, 2.45) is 0 Å². The first kappa shape index (κ1) is 18.0. The Balaban J connectivity index is 1.60. The van der Waals surface area contributed by atoms with Gasteiger partial charge in [-0.05, 0) is 12.1 Å². The molecular formula is C15H12Cl2N4O5. The third-order valence-electron chi connectivity index (χ3n) is 3.29. The highest BCUT2D eigenvalue weighted by molar-refractivity contribution is 6.41. The zero-order valence-corrected chi connectivity index (χ0v) is 14.6. The van der Waals surface area contributed by atoms with Gasteiger partial charge in [0.05, 0.1) is 11.2 Å². The summed E-state index contributed by atoms with van der Waals surface area (Å²) in [6.07, 6.45) is 1.13. The van der Waals surface area contributed by atoms with Crippen molar-refractivity contribution < 1.29 is 19.1 Å². The number of carbonyl (C=O) groups is 2. The molecule has 0 atom stereocenters. The van der Waals surface area contributed by atoms with Gasteiger partial charge >= 0.3 is 6.03 Å². The summed E-state index contributed by atoms with van der Waals surface area (Å²) >= 11 is 11.4. The number of nitrogens with one attached hydrogen (secondary N) is 2. The summed E-state index contributed by atoms with van der Waals surface area (Å²) < 4.78 is 11.6. The second-order valence-electron chi connectivity index (χ2n) is 5.13. The van der Waals surface area contributed by atoms with E-state index in [0.29, 0.717) is 30.4 Å². The topological polar surface area (TPSA) is 112 Å². The number of nitrogens with zero attached hydrogens (tertiary/aromatic N) is 2. The molecule has 3 amide bonds. The molecule has 0 saturated carbocycles. The number of urea groups is 1. The minimum atomic E-state index is -0.778. The normalized spacial score (nSPS) is 12.4. The number of halogens is 2. The highest BCUT2D eigenvalue weighted by Gasteiger charge is 2.15. The van der Waals surface area contributed by atoms with Crippen LogP contribution < -0.4 is 25.7 Å². The van der Waals surface area contributed by atoms with Crippen LogP contribution in [0.15, 0.2) is 29.2 Å². The van der Waals surface area contributed by atoms with Gasteiger partial charge in [0.25, 0.3) is 5.56 Å². The molecule has 0 fully saturated rings. The Bertz CT molecular complexity index is 931. The number of ether oxygens (including phenoxy) is 2. The zero-order valence-electron chi connectivity index (χ0n) is 13.1. The van der Waals surface area contributed by atoms with Crippen molar-refractivity contribution in [2.45, 2.75) is 6.54 Å². The molecule has 1 aliphatic heterocycles. The summed E-state index contributed by atoms with van der Waals surface area (Å²) in [6, 6.07) is 4.04. The standard InChI is InChI=1S/C15H12Cl2N4O5/c16-9-6-18-21(14(23)13(9)17)7-12(22)20-15(24)19-8-1-2-10-11(5-8)26-4-3-25-10/h1-2,5-6H,3-4,7H2,(H2,19,20,22,24). The highest BCUT2D eigenvalue weighted by Crippen LogP contribution is 2.32. The molecule has 136 valence electrons. The van der Waals surface area contributed by atoms with E-state index in [0.717, 1.165) is 10.9 Å². The van der Waals surface area contributed by atoms with Gasteiger partial charge in [-0.1, -0.05) is 23.2 Å². The van der Waals surface area contributed by atoms with Crippen molar-refractivity contribution >= 4 is 40.8 Å². The van der Waals surface area contributed by atoms with Crippen LogP contribution in [0.5, 0.6) is 11.5 Å². The van der Waals surface area contributed by atoms with Crippen LogP contribution in [0.1, 0.15) is 0 Å². The molecule has 0 spiro atoms. The van der Waals surface area contributed by atoms with E-state index in [1.807, 2.05) is 0 Å². The number of hydrogen-bond acceptors (Lipinski definition) is 6. The number of anilines is 1. The van der Waals surface area contributed by atoms with Crippen LogP contribution in [0.2, 0.25) is 10.0 Å². The van der Waals surface area contributed by atoms with Gasteiger partial charge in [0, 0.05) is 11.8 Å². The molecule has 2 N–H and O–H groups in total. The Kier molecular flexibility index (Phi) is 5.29. The minimum absolute atomic E-state index is 0.0234. The Morgan fingerprint density at radius 3 is 2.69 bits per heavy atom. The molecular weight excluding hydrogens is 387 g/mol. The van der Waals surface area contributed by atoms with Gasteiger partial charge in [0.1, 0.15) is 24.8 Å². The molecule has 0 unspecified atom stereocenters. The Labute approximate surface area is 156 Å². The summed E-state index contributed by atoms with van der Waals surface area (Å²) in [5.41, 5.74) is -0.328. The number of hydrogen-bond donors (Lipinski definition) is 2. The monoisotopic (exact) mass is 398 g/mol. The molecule has 0 saturated heterocycles. The average molecular weight is 399 g/mol. The van der Waals surface area contributed by atoms with Gasteiger partial charge in [-0.2, -0.15) is 5.10 Å². The number of rotatable bonds is 3. The first-order valence-corrected chi connectivity index (χ1v) is 8.11. The SMILES string of the molecule is O=C(Cn1ncc(Cl)c(Cl)c1=O)NC(=O)Nc1ccc2c(c1)OCCO2. The van der Waals surface area contributed by atoms with Crippen molar-refractivity contribution in [3.8, 4) is 11.5 Å². The van der Waals surface area contributed by atoms with Crippen molar-refractivity contribution in [1.29, 1.82) is 0 Å². The van der Waals surface area contributed by atoms with Crippen molar-refractivity contribution in [2.75, 3.05) is 18.5 Å². The summed E-state index contributed by atoms with van der Waals surface area (Å²) in [5, 5.41) is 7.97. The van der Waals surface area contributed by atoms with Crippen LogP contribution in [-0.4, -0.2) is 34.9 Å². The van der Waals surface area contributed by atoms with Crippen molar-refractivity contribution in [3.05, 3.63) is 44.8 Å². The van der Waals surface area contributed by atoms with E-state index in [1.165, 1.54) is 0 Å². The van der Waals surface area contributed by atoms with E-state index in [1.54, 1.807) is 18.2 Å². The van der Waals surface area contributed by atoms with Crippen LogP contribution in [0.4, 0.5) is 10.5 Å². The summed E-state index contributed by atoms with van der Waals surface area (Å²) in [6.45, 7) is 0.369. The van der Waals surface area contributed by atoms with E-state index < -0.39 is 24.0 Å². The van der Waals surface area contributed by atoms with Crippen LogP contribution in [0, 0.1) is 0 Å². The summed E-state index contributed by atoms with van der Waals surface area (Å²) in [4.78, 5) is 35.6. The first-order chi connectivity index (χ1) is 12.4. The van der Waals surface area contributed by atoms with Crippen molar-refractivity contribution in [3.63, 3.8) is 0 Å². The molecule has 0 bridgehead atoms. The molecule has 2 heterocycles. The van der Waals surface area contributed by atoms with Gasteiger partial charge < -0.3 is 14.8 Å². The van der Waals surface area contributed by atoms with Gasteiger partial charge in [0.15, 0.2) is 11.5 Å². The lowest BCUT2D eigenvalue weighted by atomic mass is 10.2. The number of aromatic nitrogens is 2. The van der Waals surface area contributed by atoms with Crippen molar-refractivity contribution in [1.82, 2.24) is 15.1 Å². The van der Waals surface area contributed by atoms with E-state index in [-0.39, 0.29) is 10.0 Å². The molecule has 2 aromatic rings. The second-order valence-corrected chi connectivity index (χ2v) is 5.92. The average Bonchev–Trinajstić information content (AvgIpc) is 2.62. The molecule has 26 heavy (non-hydrogen) atoms. The maximum absolute atomic E-state index is 11.9. The maximum atomic E-state index is 11.9. The van der Waals surface area contributed by atoms with Crippen LogP contribution in [0.25, 0.3) is 0 Å². The van der Waals surface area contributed by atoms with E-state index in [2.05, 4.69) is 15.7 Å². The Hall–Kier alpha value is -2.78. The Morgan fingerprint density at radius 1 is 1.19 bits per heavy atom. The zero-order chi connectivity index (χ0) is 18.7. The smallest absolute Gasteiger partial charge is 0.325 e. The van der Waals surface area contributed by atoms with Gasteiger partial charge in [-0.15, -0.1) is 0 Å². The molecule has 9 nitrogen and oxygen atoms in total. The number of carbonyl (C=O) groups excluding carboxylic acids is 2. The fourth-order valence-electron chi connectivity index (χ4n) is 2.14. The molecule has 1 aromatic heterocycles. The predicted octanol–water partition coefficient (Wildman–Crippen LogP) is 1.67. The van der Waals surface area contributed by atoms with Gasteiger partial charge in [0.2, 0.25) is 5.91 Å². The fourth-order valence-corrected chi connectivity index (χ4v) is 2.41. The lowest BCUT2D eigenvalue weighted by Crippen LogP contribution is -2.39. The Morgan fingerprint density at radius 2 is 1.92 bits per heavy atom. The number of imide groups is 1. The largest absolute Gasteiger partial charge is 0.486 e. The van der Waals surface area contributed by atoms with Crippen LogP contribution >= 0.6 is 23.2 Å². The molecule has 3 rings (SSSR count). The lowest BCUT2D eigenvalue weighted by molar-refractivity contribution is -0.120. The van der Waals surface area contributed by atoms with Gasteiger partial charge in [-0.3, -0.25) is 14.9 Å². The molecule has 0 radical (unpaired) electrons. The predicted molar refractivity (Wildman–Crippen MR) is 93.1 cm³/mol. The van der Waals surface area contributed by atoms with Gasteiger partial charge in [-0.25, -0.2) is 9.48 Å². The second kappa shape index (κ2) is 7.63. The molecule has 1 aliphatic rings. The number of amides is 3. The third kappa shape index (κ3) is 4.06. The molecule has 11 heteroatoms. The quantitative estimate of drug-likeness (QED) is 0.812. The third-order valence-corrected chi connectivity index (χ3v) is 4.04.